The monoisotopic (exact) mass is 340 g/mol. The zero-order chi connectivity index (χ0) is 15.7. The Kier molecular flexibility index (Phi) is 159. The summed E-state index contributed by atoms with van der Waals surface area (Å²) in [5.74, 6) is 0. The van der Waals surface area contributed by atoms with Gasteiger partial charge in [-0.15, -0.1) is 0 Å². The van der Waals surface area contributed by atoms with E-state index in [-0.39, 0.29) is 32.7 Å². The first-order chi connectivity index (χ1) is 8.91. The summed E-state index contributed by atoms with van der Waals surface area (Å²) < 4.78 is 0. The van der Waals surface area contributed by atoms with Crippen molar-refractivity contribution in [2.45, 2.75) is 55.4 Å². The van der Waals surface area contributed by atoms with Crippen molar-refractivity contribution in [3.8, 4) is 0 Å². The molecule has 1 heterocycles. The van der Waals surface area contributed by atoms with Gasteiger partial charge in [-0.25, -0.2) is 0 Å². The van der Waals surface area contributed by atoms with Gasteiger partial charge in [0.05, 0.1) is 0 Å². The van der Waals surface area contributed by atoms with Crippen LogP contribution < -0.4 is 0 Å². The Hall–Kier alpha value is -0.266. The second kappa shape index (κ2) is 83.0. The van der Waals surface area contributed by atoms with Gasteiger partial charge in [0.25, 0.3) is 0 Å². The Balaban J connectivity index is -0.0000000291. The van der Waals surface area contributed by atoms with E-state index in [1.165, 1.54) is 12.2 Å². The van der Waals surface area contributed by atoms with Gasteiger partial charge in [0, 0.05) is 45.1 Å². The largest absolute Gasteiger partial charge is 0.394 e. The maximum absolute atomic E-state index is 4.72. The average molecular weight is 340 g/mol. The molecule has 0 N–H and O–H groups in total. The fourth-order valence-electron chi connectivity index (χ4n) is 0.313. The zero-order valence-electron chi connectivity index (χ0n) is 14.2. The number of hydrogen-bond acceptors (Lipinski definition) is 1. The minimum Gasteiger partial charge on any atom is -0.394 e. The molecule has 0 aromatic carbocycles. The Labute approximate surface area is 148 Å². The Bertz CT molecular complexity index is 141. The third kappa shape index (κ3) is 96.8. The molecule has 0 aliphatic rings. The minimum absolute atomic E-state index is 0. The molecule has 0 amide bonds. The number of rotatable bonds is 1. The molecule has 111 valence electrons. The van der Waals surface area contributed by atoms with Crippen molar-refractivity contribution in [3.63, 3.8) is 0 Å². The summed E-state index contributed by atoms with van der Waals surface area (Å²) in [7, 11) is 0. The molecule has 0 unspecified atom stereocenters. The molecule has 0 aliphatic carbocycles. The van der Waals surface area contributed by atoms with Crippen LogP contribution >= 0.6 is 0 Å². The number of allylic oxidation sites excluding steroid dienone is 2. The summed E-state index contributed by atoms with van der Waals surface area (Å²) >= 11 is 0. The van der Waals surface area contributed by atoms with Gasteiger partial charge < -0.3 is 25.3 Å². The van der Waals surface area contributed by atoms with Crippen molar-refractivity contribution in [1.82, 2.24) is 4.98 Å². The van der Waals surface area contributed by atoms with Gasteiger partial charge in [-0.3, -0.25) is 4.98 Å². The van der Waals surface area contributed by atoms with Crippen LogP contribution in [0.2, 0.25) is 0 Å². The van der Waals surface area contributed by atoms with Crippen LogP contribution in [0.25, 0.3) is 0 Å². The first kappa shape index (κ1) is 36.3. The van der Waals surface area contributed by atoms with Crippen LogP contribution in [0.1, 0.15) is 55.4 Å². The maximum Gasteiger partial charge on any atom is 0.0267 e. The molecule has 1 nitrogen and oxygen atoms in total. The van der Waals surface area contributed by atoms with Gasteiger partial charge in [-0.2, -0.15) is 0 Å². The van der Waals surface area contributed by atoms with Crippen molar-refractivity contribution in [2.75, 3.05) is 0 Å². The summed E-state index contributed by atoms with van der Waals surface area (Å²) in [4.78, 5) is 3.78. The predicted octanol–water partition coefficient (Wildman–Crippen LogP) is 6.15. The Morgan fingerprint density at radius 1 is 0.632 bits per heavy atom. The van der Waals surface area contributed by atoms with Crippen LogP contribution in [0, 0.1) is 13.2 Å². The van der Waals surface area contributed by atoms with Crippen molar-refractivity contribution >= 4 is 0 Å². The smallest absolute Gasteiger partial charge is 0.0267 e. The number of aromatic nitrogens is 1. The van der Waals surface area contributed by atoms with Crippen molar-refractivity contribution < 1.29 is 32.7 Å². The van der Waals surface area contributed by atoms with E-state index in [0.717, 1.165) is 0 Å². The second-order valence-electron chi connectivity index (χ2n) is 1.41. The third-order valence-electron chi connectivity index (χ3n) is 0.678. The van der Waals surface area contributed by atoms with E-state index in [0.29, 0.717) is 0 Å². The fraction of sp³-hybridized carbons (Fsp3) is 0.471. The third-order valence-corrected chi connectivity index (χ3v) is 0.678. The topological polar surface area (TPSA) is 12.9 Å². The molecule has 0 fully saturated rings. The van der Waals surface area contributed by atoms with Gasteiger partial charge in [0.1, 0.15) is 0 Å². The predicted molar refractivity (Wildman–Crippen MR) is 87.4 cm³/mol. The van der Waals surface area contributed by atoms with E-state index in [9.17, 15) is 0 Å². The van der Waals surface area contributed by atoms with E-state index >= 15 is 0 Å². The average Bonchev–Trinajstić information content (AvgIpc) is 2.57. The molecule has 0 atom stereocenters. The van der Waals surface area contributed by atoms with Crippen LogP contribution in [0.5, 0.6) is 0 Å². The quantitative estimate of drug-likeness (QED) is 0.441. The van der Waals surface area contributed by atoms with Crippen LogP contribution in [0.3, 0.4) is 0 Å². The summed E-state index contributed by atoms with van der Waals surface area (Å²) in [5.41, 5.74) is 0. The fourth-order valence-corrected chi connectivity index (χ4v) is 0.313. The molecule has 2 heteroatoms. The molecule has 0 saturated heterocycles. The van der Waals surface area contributed by atoms with Gasteiger partial charge in [0.2, 0.25) is 0 Å². The molecule has 0 bridgehead atoms. The normalized spacial score (nSPS) is 4.84. The van der Waals surface area contributed by atoms with Gasteiger partial charge in [-0.1, -0.05) is 61.5 Å². The number of nitrogens with zero attached hydrogens (tertiary/aromatic N) is 1. The van der Waals surface area contributed by atoms with E-state index < -0.39 is 0 Å². The summed E-state index contributed by atoms with van der Waals surface area (Å²) in [6.45, 7) is 25.4. The minimum atomic E-state index is 0. The van der Waals surface area contributed by atoms with E-state index in [1.807, 2.05) is 73.6 Å². The summed E-state index contributed by atoms with van der Waals surface area (Å²) in [6, 6.07) is 5.72. The zero-order valence-corrected chi connectivity index (χ0v) is 17.1. The first-order valence-electron chi connectivity index (χ1n) is 6.85. The summed E-state index contributed by atoms with van der Waals surface area (Å²) in [6.07, 6.45) is 6.06. The van der Waals surface area contributed by atoms with Crippen molar-refractivity contribution in [2.24, 2.45) is 0 Å². The molecule has 1 radical (unpaired) electrons. The summed E-state index contributed by atoms with van der Waals surface area (Å²) in [5, 5.41) is 0. The van der Waals surface area contributed by atoms with Crippen molar-refractivity contribution in [1.29, 1.82) is 0 Å². The van der Waals surface area contributed by atoms with Gasteiger partial charge >= 0.3 is 0 Å². The molecular formula is C17H33NY-2. The van der Waals surface area contributed by atoms with Crippen LogP contribution in [-0.2, 0) is 32.7 Å². The van der Waals surface area contributed by atoms with E-state index in [1.54, 1.807) is 12.4 Å². The molecule has 1 rings (SSSR count). The number of hydrogen-bond donors (Lipinski definition) is 0. The molecule has 0 aliphatic heterocycles. The standard InChI is InChI=1S/C5H5N.C4H4.4C2H6.Y/c1-2-4-6-5-3-1;1-3-4-2;4*1-2;/h1-5H;1-4H;4*1-2H3;/q;-2;;;;;. The van der Waals surface area contributed by atoms with Crippen LogP contribution in [-0.4, -0.2) is 4.98 Å². The molecule has 19 heavy (non-hydrogen) atoms. The molecule has 1 aromatic heterocycles. The van der Waals surface area contributed by atoms with Crippen LogP contribution in [0.4, 0.5) is 0 Å². The first-order valence-corrected chi connectivity index (χ1v) is 6.85. The SMILES string of the molecule is CC.CC.CC.CC.[CH-]=CC=[CH-].[Y].c1ccncc1. The van der Waals surface area contributed by atoms with Gasteiger partial charge in [0.15, 0.2) is 0 Å². The maximum atomic E-state index is 4.72. The van der Waals surface area contributed by atoms with Crippen molar-refractivity contribution in [3.05, 3.63) is 55.9 Å². The van der Waals surface area contributed by atoms with Gasteiger partial charge in [-0.05, 0) is 12.1 Å². The molecule has 0 saturated carbocycles. The molecular weight excluding hydrogens is 307 g/mol. The Morgan fingerprint density at radius 2 is 0.895 bits per heavy atom. The molecule has 0 spiro atoms. The van der Waals surface area contributed by atoms with E-state index in [2.05, 4.69) is 4.98 Å². The van der Waals surface area contributed by atoms with E-state index in [4.69, 9.17) is 13.2 Å². The van der Waals surface area contributed by atoms with Crippen LogP contribution in [0.15, 0.2) is 42.7 Å². The molecule has 1 aromatic rings. The number of pyridine rings is 1. The Morgan fingerprint density at radius 3 is 0.947 bits per heavy atom. The second-order valence-corrected chi connectivity index (χ2v) is 1.41.